The van der Waals surface area contributed by atoms with Crippen molar-refractivity contribution in [2.45, 2.75) is 6.54 Å². The van der Waals surface area contributed by atoms with Crippen LogP contribution in [0.25, 0.3) is 0 Å². The number of ether oxygens (including phenoxy) is 1. The van der Waals surface area contributed by atoms with E-state index in [-0.39, 0.29) is 18.3 Å². The summed E-state index contributed by atoms with van der Waals surface area (Å²) in [5.74, 6) is -1.33. The number of rotatable bonds is 6. The normalized spacial score (nSPS) is 10.0. The van der Waals surface area contributed by atoms with E-state index in [0.29, 0.717) is 6.54 Å². The molecule has 0 bridgehead atoms. The average molecular weight is 304 g/mol. The van der Waals surface area contributed by atoms with Crippen molar-refractivity contribution >= 4 is 11.6 Å². The van der Waals surface area contributed by atoms with Crippen LogP contribution in [0.3, 0.4) is 0 Å². The largest absolute Gasteiger partial charge is 0.484 e. The summed E-state index contributed by atoms with van der Waals surface area (Å²) in [6, 6.07) is 12.4. The third-order valence-corrected chi connectivity index (χ3v) is 2.82. The maximum atomic E-state index is 13.4. The maximum absolute atomic E-state index is 13.4. The van der Waals surface area contributed by atoms with Gasteiger partial charge in [0.25, 0.3) is 5.91 Å². The Labute approximate surface area is 125 Å². The van der Waals surface area contributed by atoms with Crippen LogP contribution in [-0.2, 0) is 11.3 Å². The molecule has 0 aliphatic heterocycles. The van der Waals surface area contributed by atoms with Gasteiger partial charge in [0.1, 0.15) is 5.75 Å². The molecule has 0 radical (unpaired) electrons. The lowest BCUT2D eigenvalue weighted by atomic mass is 10.2. The van der Waals surface area contributed by atoms with Crippen molar-refractivity contribution in [2.24, 2.45) is 0 Å². The lowest BCUT2D eigenvalue weighted by Crippen LogP contribution is -2.28. The van der Waals surface area contributed by atoms with Gasteiger partial charge in [0, 0.05) is 18.7 Å². The number of hydrogen-bond acceptors (Lipinski definition) is 4. The van der Waals surface area contributed by atoms with Crippen LogP contribution in [0.5, 0.6) is 5.75 Å². The molecule has 0 spiro atoms. The third-order valence-electron chi connectivity index (χ3n) is 2.82. The molecule has 2 rings (SSSR count). The first-order chi connectivity index (χ1) is 10.6. The maximum Gasteiger partial charge on any atom is 0.305 e. The van der Waals surface area contributed by atoms with E-state index in [4.69, 9.17) is 4.74 Å². The molecule has 2 aromatic carbocycles. The molecule has 2 aromatic rings. The van der Waals surface area contributed by atoms with Gasteiger partial charge in [-0.2, -0.15) is 4.39 Å². The fourth-order valence-electron chi connectivity index (χ4n) is 1.72. The topological polar surface area (TPSA) is 81.5 Å². The SMILES string of the molecule is O=C(COc1ccc([N+](=O)[O-])c(F)c1)NCc1ccccc1. The minimum atomic E-state index is -1.01. The number of carbonyl (C=O) groups excluding carboxylic acids is 1. The van der Waals surface area contributed by atoms with Gasteiger partial charge in [0.05, 0.1) is 4.92 Å². The molecule has 1 amide bonds. The Morgan fingerprint density at radius 1 is 1.23 bits per heavy atom. The number of carbonyl (C=O) groups is 1. The Morgan fingerprint density at radius 3 is 2.59 bits per heavy atom. The number of hydrogen-bond donors (Lipinski definition) is 1. The highest BCUT2D eigenvalue weighted by molar-refractivity contribution is 5.77. The summed E-state index contributed by atoms with van der Waals surface area (Å²) in [4.78, 5) is 21.3. The fraction of sp³-hybridized carbons (Fsp3) is 0.133. The number of nitro benzene ring substituents is 1. The van der Waals surface area contributed by atoms with Crippen molar-refractivity contribution in [1.82, 2.24) is 5.32 Å². The summed E-state index contributed by atoms with van der Waals surface area (Å²) in [6.45, 7) is 0.0573. The minimum Gasteiger partial charge on any atom is -0.484 e. The molecule has 0 unspecified atom stereocenters. The van der Waals surface area contributed by atoms with E-state index in [1.807, 2.05) is 30.3 Å². The van der Waals surface area contributed by atoms with Gasteiger partial charge in [-0.05, 0) is 11.6 Å². The minimum absolute atomic E-state index is 0.0537. The van der Waals surface area contributed by atoms with Gasteiger partial charge in [-0.1, -0.05) is 30.3 Å². The summed E-state index contributed by atoms with van der Waals surface area (Å²) >= 11 is 0. The second kappa shape index (κ2) is 7.16. The van der Waals surface area contributed by atoms with E-state index in [1.54, 1.807) is 0 Å². The van der Waals surface area contributed by atoms with Crippen molar-refractivity contribution in [2.75, 3.05) is 6.61 Å². The molecule has 0 aromatic heterocycles. The molecule has 0 heterocycles. The number of nitrogens with one attached hydrogen (secondary N) is 1. The lowest BCUT2D eigenvalue weighted by Gasteiger charge is -2.07. The zero-order chi connectivity index (χ0) is 15.9. The van der Waals surface area contributed by atoms with Gasteiger partial charge < -0.3 is 10.1 Å². The van der Waals surface area contributed by atoms with E-state index < -0.39 is 16.4 Å². The summed E-state index contributed by atoms with van der Waals surface area (Å²) in [5, 5.41) is 13.1. The quantitative estimate of drug-likeness (QED) is 0.656. The standard InChI is InChI=1S/C15H13FN2O4/c16-13-8-12(6-7-14(13)18(20)21)22-10-15(19)17-9-11-4-2-1-3-5-11/h1-8H,9-10H2,(H,17,19). The van der Waals surface area contributed by atoms with Crippen LogP contribution < -0.4 is 10.1 Å². The van der Waals surface area contributed by atoms with E-state index in [1.165, 1.54) is 6.07 Å². The predicted molar refractivity (Wildman–Crippen MR) is 76.8 cm³/mol. The molecular formula is C15H13FN2O4. The number of benzene rings is 2. The van der Waals surface area contributed by atoms with Crippen LogP contribution in [0.15, 0.2) is 48.5 Å². The van der Waals surface area contributed by atoms with Gasteiger partial charge in [0.15, 0.2) is 6.61 Å². The van der Waals surface area contributed by atoms with E-state index >= 15 is 0 Å². The van der Waals surface area contributed by atoms with Crippen molar-refractivity contribution < 1.29 is 18.8 Å². The van der Waals surface area contributed by atoms with Crippen molar-refractivity contribution in [1.29, 1.82) is 0 Å². The second-order valence-corrected chi connectivity index (χ2v) is 4.42. The zero-order valence-corrected chi connectivity index (χ0v) is 11.5. The molecule has 6 nitrogen and oxygen atoms in total. The van der Waals surface area contributed by atoms with Crippen LogP contribution >= 0.6 is 0 Å². The first-order valence-electron chi connectivity index (χ1n) is 6.43. The van der Waals surface area contributed by atoms with Crippen LogP contribution in [0.2, 0.25) is 0 Å². The summed E-state index contributed by atoms with van der Waals surface area (Å²) < 4.78 is 18.5. The molecule has 0 atom stereocenters. The smallest absolute Gasteiger partial charge is 0.305 e. The Balaban J connectivity index is 1.83. The molecule has 7 heteroatoms. The molecule has 22 heavy (non-hydrogen) atoms. The molecular weight excluding hydrogens is 291 g/mol. The predicted octanol–water partition coefficient (Wildman–Crippen LogP) is 2.43. The highest BCUT2D eigenvalue weighted by Gasteiger charge is 2.14. The van der Waals surface area contributed by atoms with Crippen LogP contribution in [0.4, 0.5) is 10.1 Å². The second-order valence-electron chi connectivity index (χ2n) is 4.42. The Hall–Kier alpha value is -2.96. The molecule has 0 aliphatic rings. The molecule has 1 N–H and O–H groups in total. The van der Waals surface area contributed by atoms with Gasteiger partial charge >= 0.3 is 5.69 Å². The van der Waals surface area contributed by atoms with Crippen LogP contribution in [0, 0.1) is 15.9 Å². The molecule has 0 saturated carbocycles. The van der Waals surface area contributed by atoms with Crippen molar-refractivity contribution in [3.8, 4) is 5.75 Å². The lowest BCUT2D eigenvalue weighted by molar-refractivity contribution is -0.387. The monoisotopic (exact) mass is 304 g/mol. The van der Waals surface area contributed by atoms with E-state index in [9.17, 15) is 19.3 Å². The van der Waals surface area contributed by atoms with Crippen LogP contribution in [0.1, 0.15) is 5.56 Å². The summed E-state index contributed by atoms with van der Waals surface area (Å²) in [5.41, 5.74) is 0.304. The Bertz CT molecular complexity index is 676. The van der Waals surface area contributed by atoms with Crippen molar-refractivity contribution in [3.05, 3.63) is 70.0 Å². The third kappa shape index (κ3) is 4.27. The number of nitro groups is 1. The van der Waals surface area contributed by atoms with E-state index in [2.05, 4.69) is 5.32 Å². The molecule has 0 aliphatic carbocycles. The fourth-order valence-corrected chi connectivity index (χ4v) is 1.72. The van der Waals surface area contributed by atoms with Gasteiger partial charge in [-0.25, -0.2) is 0 Å². The average Bonchev–Trinajstić information content (AvgIpc) is 2.51. The van der Waals surface area contributed by atoms with Gasteiger partial charge in [-0.3, -0.25) is 14.9 Å². The highest BCUT2D eigenvalue weighted by atomic mass is 19.1. The molecule has 0 saturated heterocycles. The number of nitrogens with zero attached hydrogens (tertiary/aromatic N) is 1. The number of halogens is 1. The summed E-state index contributed by atoms with van der Waals surface area (Å²) in [7, 11) is 0. The highest BCUT2D eigenvalue weighted by Crippen LogP contribution is 2.22. The van der Waals surface area contributed by atoms with Crippen LogP contribution in [-0.4, -0.2) is 17.4 Å². The van der Waals surface area contributed by atoms with Gasteiger partial charge in [0.2, 0.25) is 5.82 Å². The van der Waals surface area contributed by atoms with Gasteiger partial charge in [-0.15, -0.1) is 0 Å². The first kappa shape index (κ1) is 15.4. The van der Waals surface area contributed by atoms with E-state index in [0.717, 1.165) is 17.7 Å². The number of amides is 1. The summed E-state index contributed by atoms with van der Waals surface area (Å²) in [6.07, 6.45) is 0. The Kier molecular flexibility index (Phi) is 5.02. The molecule has 0 fully saturated rings. The molecule has 114 valence electrons. The van der Waals surface area contributed by atoms with Crippen molar-refractivity contribution in [3.63, 3.8) is 0 Å². The zero-order valence-electron chi connectivity index (χ0n) is 11.5. The first-order valence-corrected chi connectivity index (χ1v) is 6.43. The Morgan fingerprint density at radius 2 is 1.95 bits per heavy atom.